The van der Waals surface area contributed by atoms with E-state index in [1.165, 1.54) is 11.3 Å². The number of aryl methyl sites for hydroxylation is 1. The maximum absolute atomic E-state index is 15.0. The first kappa shape index (κ1) is 27.1. The average Bonchev–Trinajstić information content (AvgIpc) is 3.44. The molecule has 13 heteroatoms. The van der Waals surface area contributed by atoms with E-state index >= 15 is 4.39 Å². The Balaban J connectivity index is 1.57. The van der Waals surface area contributed by atoms with E-state index in [1.807, 2.05) is 6.92 Å². The molecule has 2 aromatic heterocycles. The van der Waals surface area contributed by atoms with Crippen molar-refractivity contribution in [3.05, 3.63) is 44.1 Å². The largest absolute Gasteiger partial charge is 0.482 e. The highest BCUT2D eigenvalue weighted by Crippen LogP contribution is 2.45. The number of nitrogens with one attached hydrogen (secondary N) is 1. The van der Waals surface area contributed by atoms with Crippen molar-refractivity contribution in [2.24, 2.45) is 5.92 Å². The quantitative estimate of drug-likeness (QED) is 0.290. The van der Waals surface area contributed by atoms with Crippen LogP contribution in [-0.4, -0.2) is 27.7 Å². The third kappa shape index (κ3) is 6.13. The van der Waals surface area contributed by atoms with E-state index < -0.39 is 41.9 Å². The zero-order valence-corrected chi connectivity index (χ0v) is 21.1. The van der Waals surface area contributed by atoms with Crippen molar-refractivity contribution in [2.75, 3.05) is 0 Å². The highest BCUT2D eigenvalue weighted by Gasteiger charge is 2.38. The number of hydrogen-bond acceptors (Lipinski definition) is 7. The maximum Gasteiger partial charge on any atom is 0.439 e. The van der Waals surface area contributed by atoms with Crippen molar-refractivity contribution in [2.45, 2.75) is 77.4 Å². The van der Waals surface area contributed by atoms with Gasteiger partial charge in [0.2, 0.25) is 5.92 Å². The zero-order chi connectivity index (χ0) is 26.9. The van der Waals surface area contributed by atoms with Crippen molar-refractivity contribution >= 4 is 11.3 Å². The molecule has 3 aromatic rings. The fraction of sp³-hybridized carbons (Fsp3) is 0.542. The molecule has 0 aliphatic heterocycles. The summed E-state index contributed by atoms with van der Waals surface area (Å²) in [6.45, 7) is 1.34. The van der Waals surface area contributed by atoms with Crippen molar-refractivity contribution in [3.63, 3.8) is 0 Å². The Labute approximate surface area is 213 Å². The topological polar surface area (TPSA) is 90.2 Å². The van der Waals surface area contributed by atoms with Gasteiger partial charge in [-0.25, -0.2) is 22.9 Å². The van der Waals surface area contributed by atoms with Gasteiger partial charge in [-0.05, 0) is 52.0 Å². The van der Waals surface area contributed by atoms with Gasteiger partial charge in [0.05, 0.1) is 21.1 Å². The predicted molar refractivity (Wildman–Crippen MR) is 125 cm³/mol. The van der Waals surface area contributed by atoms with Crippen LogP contribution in [0.25, 0.3) is 11.4 Å². The molecule has 1 aliphatic rings. The van der Waals surface area contributed by atoms with Gasteiger partial charge in [0.1, 0.15) is 11.9 Å². The number of thiazole rings is 1. The van der Waals surface area contributed by atoms with Crippen LogP contribution in [0.4, 0.5) is 22.0 Å². The van der Waals surface area contributed by atoms with Gasteiger partial charge in [0, 0.05) is 17.9 Å². The zero-order valence-electron chi connectivity index (χ0n) is 20.3. The Kier molecular flexibility index (Phi) is 7.91. The van der Waals surface area contributed by atoms with E-state index in [9.17, 15) is 22.4 Å². The molecule has 4 rings (SSSR count). The molecule has 1 unspecified atom stereocenters. The normalized spacial score (nSPS) is 19.3. The van der Waals surface area contributed by atoms with E-state index in [-0.39, 0.29) is 23.1 Å². The molecule has 0 amide bonds. The Hall–Kier alpha value is -2.96. The molecule has 0 bridgehead atoms. The minimum Gasteiger partial charge on any atom is -0.482 e. The average molecular weight is 548 g/mol. The first-order valence-corrected chi connectivity index (χ1v) is 12.6. The number of halogens is 5. The molecule has 202 valence electrons. The number of aromatic amines is 1. The van der Waals surface area contributed by atoms with Crippen LogP contribution in [0.5, 0.6) is 11.5 Å². The number of ether oxygens (including phenoxy) is 2. The molecule has 37 heavy (non-hydrogen) atoms. The van der Waals surface area contributed by atoms with Crippen LogP contribution >= 0.6 is 11.3 Å². The molecule has 7 nitrogen and oxygen atoms in total. The predicted octanol–water partition coefficient (Wildman–Crippen LogP) is 6.99. The maximum atomic E-state index is 15.0. The number of H-pyrrole nitrogens is 1. The molecule has 1 aliphatic carbocycles. The molecule has 1 aromatic carbocycles. The van der Waals surface area contributed by atoms with Crippen LogP contribution in [0, 0.1) is 18.7 Å². The second-order valence-corrected chi connectivity index (χ2v) is 10.2. The first-order valence-electron chi connectivity index (χ1n) is 11.8. The van der Waals surface area contributed by atoms with Gasteiger partial charge in [-0.3, -0.25) is 9.51 Å². The molecule has 0 saturated heterocycles. The molecule has 1 saturated carbocycles. The Morgan fingerprint density at radius 1 is 1.19 bits per heavy atom. The van der Waals surface area contributed by atoms with Gasteiger partial charge in [0.25, 0.3) is 0 Å². The molecule has 1 fully saturated rings. The Morgan fingerprint density at radius 2 is 1.89 bits per heavy atom. The summed E-state index contributed by atoms with van der Waals surface area (Å²) >= 11 is 1.39. The molecular weight excluding hydrogens is 521 g/mol. The number of alkyl halides is 4. The number of benzene rings is 1. The van der Waals surface area contributed by atoms with Crippen LogP contribution in [0.1, 0.15) is 73.6 Å². The molecule has 1 N–H and O–H groups in total. The van der Waals surface area contributed by atoms with Gasteiger partial charge < -0.3 is 9.47 Å². The van der Waals surface area contributed by atoms with E-state index in [1.54, 1.807) is 6.92 Å². The number of rotatable bonds is 9. The summed E-state index contributed by atoms with van der Waals surface area (Å²) in [5.74, 6) is -6.20. The fourth-order valence-corrected chi connectivity index (χ4v) is 5.93. The SMILES string of the molecule is CCC(Oc1cc(OC(F)F)c(-c2noc(=O)[nH]2)cc1F)c1sc(C2CCC(C(C)(F)F)CC2)nc1C. The summed E-state index contributed by atoms with van der Waals surface area (Å²) in [5, 5.41) is 4.22. The minimum atomic E-state index is -3.23. The van der Waals surface area contributed by atoms with Gasteiger partial charge >= 0.3 is 12.4 Å². The van der Waals surface area contributed by atoms with Gasteiger partial charge in [-0.1, -0.05) is 12.1 Å². The standard InChI is InChI=1S/C24H26F5N3O4S/c1-4-16(19-11(2)30-21(37-19)12-5-7-13(8-6-12)24(3,28)29)34-18-10-17(35-22(26)27)14(9-15(18)25)20-31-23(33)36-32-20/h9-10,12-13,16,22H,4-8H2,1-3H3,(H,31,32,33). The summed E-state index contributed by atoms with van der Waals surface area (Å²) in [5.41, 5.74) is 0.435. The van der Waals surface area contributed by atoms with Crippen molar-refractivity contribution in [3.8, 4) is 22.9 Å². The first-order chi connectivity index (χ1) is 17.5. The summed E-state index contributed by atoms with van der Waals surface area (Å²) in [6, 6.07) is 1.83. The van der Waals surface area contributed by atoms with E-state index in [0.29, 0.717) is 37.8 Å². The number of hydrogen-bond donors (Lipinski definition) is 1. The lowest BCUT2D eigenvalue weighted by Crippen LogP contribution is -2.28. The van der Waals surface area contributed by atoms with Crippen LogP contribution in [0.15, 0.2) is 21.5 Å². The van der Waals surface area contributed by atoms with Crippen LogP contribution < -0.4 is 15.2 Å². The van der Waals surface area contributed by atoms with E-state index in [2.05, 4.69) is 24.4 Å². The van der Waals surface area contributed by atoms with Crippen LogP contribution in [0.3, 0.4) is 0 Å². The minimum absolute atomic E-state index is 0.0558. The third-order valence-electron chi connectivity index (χ3n) is 6.52. The Morgan fingerprint density at radius 3 is 2.46 bits per heavy atom. The molecule has 0 radical (unpaired) electrons. The number of nitrogens with zero attached hydrogens (tertiary/aromatic N) is 2. The van der Waals surface area contributed by atoms with E-state index in [0.717, 1.165) is 28.9 Å². The smallest absolute Gasteiger partial charge is 0.439 e. The van der Waals surface area contributed by atoms with Crippen molar-refractivity contribution < 1.29 is 35.9 Å². The second kappa shape index (κ2) is 10.8. The van der Waals surface area contributed by atoms with Crippen LogP contribution in [-0.2, 0) is 0 Å². The summed E-state index contributed by atoms with van der Waals surface area (Å²) < 4.78 is 83.3. The fourth-order valence-electron chi connectivity index (χ4n) is 4.58. The van der Waals surface area contributed by atoms with Crippen molar-refractivity contribution in [1.29, 1.82) is 0 Å². The van der Waals surface area contributed by atoms with Crippen molar-refractivity contribution in [1.82, 2.24) is 15.1 Å². The Bertz CT molecular complexity index is 1280. The third-order valence-corrected chi connectivity index (χ3v) is 7.93. The molecule has 0 spiro atoms. The molecular formula is C24H26F5N3O4S. The highest BCUT2D eigenvalue weighted by molar-refractivity contribution is 7.11. The van der Waals surface area contributed by atoms with Gasteiger partial charge in [-0.15, -0.1) is 11.3 Å². The monoisotopic (exact) mass is 547 g/mol. The van der Waals surface area contributed by atoms with Crippen LogP contribution in [0.2, 0.25) is 0 Å². The summed E-state index contributed by atoms with van der Waals surface area (Å²) in [7, 11) is 0. The lowest BCUT2D eigenvalue weighted by Gasteiger charge is -2.31. The lowest BCUT2D eigenvalue weighted by atomic mass is 9.79. The summed E-state index contributed by atoms with van der Waals surface area (Å²) in [6.07, 6.45) is 1.81. The highest BCUT2D eigenvalue weighted by atomic mass is 32.1. The van der Waals surface area contributed by atoms with Gasteiger partial charge in [-0.2, -0.15) is 8.78 Å². The second-order valence-electron chi connectivity index (χ2n) is 9.12. The molecule has 1 atom stereocenters. The van der Waals surface area contributed by atoms with E-state index in [4.69, 9.17) is 4.74 Å². The summed E-state index contributed by atoms with van der Waals surface area (Å²) in [4.78, 5) is 18.8. The lowest BCUT2D eigenvalue weighted by molar-refractivity contribution is -0.0547. The van der Waals surface area contributed by atoms with Gasteiger partial charge in [0.15, 0.2) is 17.4 Å². The number of aromatic nitrogens is 3. The molecule has 2 heterocycles.